The molecule has 192 valence electrons. The molecule has 0 spiro atoms. The molecule has 0 saturated carbocycles. The van der Waals surface area contributed by atoms with Crippen molar-refractivity contribution >= 4 is 59.5 Å². The number of para-hydroxylation sites is 1. The molecule has 0 saturated heterocycles. The topological polar surface area (TPSA) is 38.5 Å². The molecule has 0 amide bonds. The predicted molar refractivity (Wildman–Crippen MR) is 172 cm³/mol. The Morgan fingerprint density at radius 3 is 1.49 bits per heavy atom. The van der Waals surface area contributed by atoms with Crippen molar-refractivity contribution in [2.45, 2.75) is 0 Å². The summed E-state index contributed by atoms with van der Waals surface area (Å²) >= 11 is 0. The SMILES string of the molecule is O=c1c2ccccc2c2cc(-c3ccccc3)ccc2n2c(=O)c3ccccc3c3cccc(c4ccccc14)c32. The van der Waals surface area contributed by atoms with Crippen LogP contribution in [0, 0.1) is 0 Å². The van der Waals surface area contributed by atoms with Crippen LogP contribution in [-0.4, -0.2) is 4.40 Å². The molecule has 2 aromatic heterocycles. The highest BCUT2D eigenvalue weighted by Gasteiger charge is 2.15. The van der Waals surface area contributed by atoms with Crippen LogP contribution in [0.4, 0.5) is 0 Å². The van der Waals surface area contributed by atoms with Crippen molar-refractivity contribution in [1.29, 1.82) is 0 Å². The van der Waals surface area contributed by atoms with Crippen molar-refractivity contribution in [2.75, 3.05) is 0 Å². The molecular formula is C38H23NO2. The van der Waals surface area contributed by atoms with Crippen molar-refractivity contribution in [3.63, 3.8) is 0 Å². The molecule has 0 N–H and O–H groups in total. The Morgan fingerprint density at radius 2 is 0.854 bits per heavy atom. The van der Waals surface area contributed by atoms with Crippen LogP contribution in [0.15, 0.2) is 149 Å². The Labute approximate surface area is 234 Å². The maximum Gasteiger partial charge on any atom is 0.263 e. The summed E-state index contributed by atoms with van der Waals surface area (Å²) < 4.78 is 1.86. The molecule has 0 aliphatic heterocycles. The number of hydrogen-bond donors (Lipinski definition) is 0. The van der Waals surface area contributed by atoms with Gasteiger partial charge in [-0.3, -0.25) is 14.0 Å². The maximum atomic E-state index is 14.5. The number of fused-ring (bicyclic) bond motifs is 8. The van der Waals surface area contributed by atoms with Crippen LogP contribution in [0.2, 0.25) is 0 Å². The summed E-state index contributed by atoms with van der Waals surface area (Å²) in [5.41, 5.74) is 3.50. The minimum Gasteiger partial charge on any atom is -0.289 e. The van der Waals surface area contributed by atoms with Gasteiger partial charge >= 0.3 is 0 Å². The molecular weight excluding hydrogens is 502 g/mol. The molecule has 3 heteroatoms. The first-order valence-electron chi connectivity index (χ1n) is 13.7. The normalized spacial score (nSPS) is 11.6. The van der Waals surface area contributed by atoms with Gasteiger partial charge in [0.15, 0.2) is 5.43 Å². The number of pyridine rings is 1. The van der Waals surface area contributed by atoms with Crippen molar-refractivity contribution in [3.05, 3.63) is 160 Å². The number of hydrogen-bond acceptors (Lipinski definition) is 2. The second-order valence-electron chi connectivity index (χ2n) is 10.4. The standard InChI is InChI=1S/C38H23NO2/c40-37-31-16-7-4-13-26(31)29-19-10-20-30-27-14-6-9-18-33(27)38(41)39(36(29)30)35-22-21-25(24-11-2-1-3-12-24)23-34(35)28-15-5-8-17-32(28)37/h1-23H. The first-order chi connectivity index (χ1) is 20.2. The Hall–Kier alpha value is -5.54. The summed E-state index contributed by atoms with van der Waals surface area (Å²) in [4.78, 5) is 28.9. The van der Waals surface area contributed by atoms with Crippen LogP contribution in [0.5, 0.6) is 0 Å². The second-order valence-corrected chi connectivity index (χ2v) is 10.4. The minimum atomic E-state index is -0.0869. The summed E-state index contributed by atoms with van der Waals surface area (Å²) in [5.74, 6) is 0. The zero-order chi connectivity index (χ0) is 27.5. The monoisotopic (exact) mass is 525 g/mol. The van der Waals surface area contributed by atoms with Crippen LogP contribution in [-0.2, 0) is 0 Å². The average molecular weight is 526 g/mol. The van der Waals surface area contributed by atoms with Crippen LogP contribution >= 0.6 is 0 Å². The molecule has 0 unspecified atom stereocenters. The smallest absolute Gasteiger partial charge is 0.263 e. The van der Waals surface area contributed by atoms with E-state index in [1.807, 2.05) is 114 Å². The van der Waals surface area contributed by atoms with Gasteiger partial charge in [0.1, 0.15) is 0 Å². The summed E-state index contributed by atoms with van der Waals surface area (Å²) in [7, 11) is 0. The van der Waals surface area contributed by atoms with E-state index in [4.69, 9.17) is 0 Å². The third-order valence-electron chi connectivity index (χ3n) is 8.18. The highest BCUT2D eigenvalue weighted by Crippen LogP contribution is 2.33. The quantitative estimate of drug-likeness (QED) is 0.201. The Balaban J connectivity index is 1.81. The van der Waals surface area contributed by atoms with Gasteiger partial charge in [-0.25, -0.2) is 0 Å². The molecule has 8 aromatic rings. The molecule has 8 rings (SSSR count). The summed E-state index contributed by atoms with van der Waals surface area (Å²) in [6.07, 6.45) is 0. The van der Waals surface area contributed by atoms with Crippen LogP contribution in [0.3, 0.4) is 0 Å². The van der Waals surface area contributed by atoms with Crippen molar-refractivity contribution in [3.8, 4) is 11.1 Å². The molecule has 0 fully saturated rings. The lowest BCUT2D eigenvalue weighted by Gasteiger charge is -2.14. The van der Waals surface area contributed by atoms with Gasteiger partial charge in [-0.15, -0.1) is 0 Å². The predicted octanol–water partition coefficient (Wildman–Crippen LogP) is 8.65. The lowest BCUT2D eigenvalue weighted by molar-refractivity contribution is 1.20. The van der Waals surface area contributed by atoms with E-state index in [2.05, 4.69) is 30.3 Å². The van der Waals surface area contributed by atoms with Gasteiger partial charge in [0.25, 0.3) is 5.56 Å². The molecule has 3 nitrogen and oxygen atoms in total. The number of rotatable bonds is 1. The molecule has 0 aliphatic rings. The van der Waals surface area contributed by atoms with Gasteiger partial charge < -0.3 is 0 Å². The average Bonchev–Trinajstić information content (AvgIpc) is 3.04. The lowest BCUT2D eigenvalue weighted by Crippen LogP contribution is -2.15. The molecule has 2 heterocycles. The first kappa shape index (κ1) is 23.4. The number of aromatic nitrogens is 1. The summed E-state index contributed by atoms with van der Waals surface area (Å²) in [6, 6.07) is 45.7. The van der Waals surface area contributed by atoms with Gasteiger partial charge in [0.05, 0.1) is 11.0 Å². The number of nitrogens with zero attached hydrogens (tertiary/aromatic N) is 1. The fraction of sp³-hybridized carbons (Fsp3) is 0. The second kappa shape index (κ2) is 9.00. The van der Waals surface area contributed by atoms with Gasteiger partial charge in [-0.05, 0) is 45.5 Å². The summed E-state index contributed by atoms with van der Waals surface area (Å²) in [5, 5.41) is 7.04. The first-order valence-corrected chi connectivity index (χ1v) is 13.7. The van der Waals surface area contributed by atoms with Gasteiger partial charge in [-0.2, -0.15) is 0 Å². The van der Waals surface area contributed by atoms with E-state index in [-0.39, 0.29) is 11.0 Å². The zero-order valence-electron chi connectivity index (χ0n) is 22.0. The van der Waals surface area contributed by atoms with E-state index in [1.54, 1.807) is 0 Å². The third-order valence-corrected chi connectivity index (χ3v) is 8.18. The van der Waals surface area contributed by atoms with Gasteiger partial charge in [-0.1, -0.05) is 121 Å². The van der Waals surface area contributed by atoms with Crippen molar-refractivity contribution in [2.24, 2.45) is 0 Å². The number of benzene rings is 6. The van der Waals surface area contributed by atoms with Crippen molar-refractivity contribution < 1.29 is 0 Å². The summed E-state index contributed by atoms with van der Waals surface area (Å²) in [6.45, 7) is 0. The van der Waals surface area contributed by atoms with E-state index in [1.165, 1.54) is 0 Å². The van der Waals surface area contributed by atoms with Crippen molar-refractivity contribution in [1.82, 2.24) is 4.40 Å². The Kier molecular flexibility index (Phi) is 5.13. The van der Waals surface area contributed by atoms with Gasteiger partial charge in [0, 0.05) is 32.3 Å². The lowest BCUT2D eigenvalue weighted by atomic mass is 9.97. The molecule has 41 heavy (non-hydrogen) atoms. The molecule has 6 aromatic carbocycles. The van der Waals surface area contributed by atoms with Crippen LogP contribution in [0.1, 0.15) is 0 Å². The molecule has 0 radical (unpaired) electrons. The van der Waals surface area contributed by atoms with E-state index in [9.17, 15) is 9.59 Å². The van der Waals surface area contributed by atoms with Crippen LogP contribution in [0.25, 0.3) is 70.6 Å². The third kappa shape index (κ3) is 3.46. The van der Waals surface area contributed by atoms with E-state index in [0.717, 1.165) is 54.5 Å². The highest BCUT2D eigenvalue weighted by atomic mass is 16.1. The fourth-order valence-corrected chi connectivity index (χ4v) is 6.31. The van der Waals surface area contributed by atoms with E-state index >= 15 is 0 Å². The molecule has 0 bridgehead atoms. The van der Waals surface area contributed by atoms with E-state index in [0.29, 0.717) is 16.2 Å². The molecule has 0 atom stereocenters. The Bertz CT molecular complexity index is 2510. The van der Waals surface area contributed by atoms with Gasteiger partial charge in [0.2, 0.25) is 0 Å². The zero-order valence-corrected chi connectivity index (χ0v) is 22.0. The highest BCUT2D eigenvalue weighted by molar-refractivity contribution is 6.19. The van der Waals surface area contributed by atoms with Crippen LogP contribution < -0.4 is 11.0 Å². The maximum absolute atomic E-state index is 14.5. The molecule has 0 aliphatic carbocycles. The Morgan fingerprint density at radius 1 is 0.366 bits per heavy atom. The fourth-order valence-electron chi connectivity index (χ4n) is 6.31. The van der Waals surface area contributed by atoms with E-state index < -0.39 is 0 Å². The largest absolute Gasteiger partial charge is 0.289 e. The minimum absolute atomic E-state index is 0.0409.